The Balaban J connectivity index is 1.80. The van der Waals surface area contributed by atoms with E-state index in [1.807, 2.05) is 12.1 Å². The average molecular weight is 305 g/mol. The normalized spacial score (nSPS) is 15.5. The minimum Gasteiger partial charge on any atom is -0.335 e. The Kier molecular flexibility index (Phi) is 6.49. The van der Waals surface area contributed by atoms with Crippen molar-refractivity contribution in [2.75, 3.05) is 0 Å². The van der Waals surface area contributed by atoms with E-state index in [0.29, 0.717) is 5.56 Å². The summed E-state index contributed by atoms with van der Waals surface area (Å²) < 4.78 is 0. The molecule has 5 heteroatoms. The number of unbranched alkanes of at least 4 members (excludes halogenated alkanes) is 1. The number of hydrogen-bond acceptors (Lipinski definition) is 2. The SMILES string of the molecule is CCCCc1ccc(CNC(=O)NC2CCCCC2)c(=O)[nH]1. The molecule has 5 nitrogen and oxygen atoms in total. The van der Waals surface area contributed by atoms with E-state index in [4.69, 9.17) is 0 Å². The van der Waals surface area contributed by atoms with Gasteiger partial charge in [-0.05, 0) is 31.7 Å². The van der Waals surface area contributed by atoms with Crippen molar-refractivity contribution in [1.82, 2.24) is 15.6 Å². The fourth-order valence-electron chi connectivity index (χ4n) is 2.86. The van der Waals surface area contributed by atoms with Crippen LogP contribution in [0.1, 0.15) is 63.1 Å². The highest BCUT2D eigenvalue weighted by Gasteiger charge is 2.15. The highest BCUT2D eigenvalue weighted by atomic mass is 16.2. The van der Waals surface area contributed by atoms with Crippen LogP contribution < -0.4 is 16.2 Å². The van der Waals surface area contributed by atoms with Gasteiger partial charge in [0.05, 0.1) is 0 Å². The summed E-state index contributed by atoms with van der Waals surface area (Å²) in [5.41, 5.74) is 1.45. The van der Waals surface area contributed by atoms with E-state index in [0.717, 1.165) is 37.8 Å². The molecular weight excluding hydrogens is 278 g/mol. The van der Waals surface area contributed by atoms with Crippen molar-refractivity contribution in [2.45, 2.75) is 70.9 Å². The molecule has 1 aromatic rings. The Labute approximate surface area is 131 Å². The van der Waals surface area contributed by atoms with E-state index in [2.05, 4.69) is 22.5 Å². The van der Waals surface area contributed by atoms with Crippen LogP contribution in [0.25, 0.3) is 0 Å². The van der Waals surface area contributed by atoms with E-state index in [9.17, 15) is 9.59 Å². The van der Waals surface area contributed by atoms with Crippen LogP contribution in [-0.4, -0.2) is 17.1 Å². The maximum atomic E-state index is 12.0. The van der Waals surface area contributed by atoms with Crippen molar-refractivity contribution in [2.24, 2.45) is 0 Å². The van der Waals surface area contributed by atoms with Crippen molar-refractivity contribution >= 4 is 6.03 Å². The lowest BCUT2D eigenvalue weighted by atomic mass is 9.96. The fraction of sp³-hybridized carbons (Fsp3) is 0.647. The van der Waals surface area contributed by atoms with Crippen LogP contribution in [0, 0.1) is 0 Å². The summed E-state index contributed by atoms with van der Waals surface area (Å²) in [6.45, 7) is 2.39. The van der Waals surface area contributed by atoms with Gasteiger partial charge in [-0.3, -0.25) is 4.79 Å². The van der Waals surface area contributed by atoms with Gasteiger partial charge in [-0.25, -0.2) is 4.79 Å². The lowest BCUT2D eigenvalue weighted by Gasteiger charge is -2.22. The van der Waals surface area contributed by atoms with Gasteiger partial charge in [-0.1, -0.05) is 38.7 Å². The summed E-state index contributed by atoms with van der Waals surface area (Å²) in [5.74, 6) is 0. The smallest absolute Gasteiger partial charge is 0.315 e. The number of amides is 2. The number of aromatic amines is 1. The molecule has 2 rings (SSSR count). The summed E-state index contributed by atoms with van der Waals surface area (Å²) >= 11 is 0. The van der Waals surface area contributed by atoms with E-state index < -0.39 is 0 Å². The van der Waals surface area contributed by atoms with Crippen molar-refractivity contribution in [3.63, 3.8) is 0 Å². The predicted octanol–water partition coefficient (Wildman–Crippen LogP) is 2.85. The van der Waals surface area contributed by atoms with Crippen LogP contribution in [0.5, 0.6) is 0 Å². The third-order valence-electron chi connectivity index (χ3n) is 4.23. The molecular formula is C17H27N3O2. The first-order valence-electron chi connectivity index (χ1n) is 8.44. The van der Waals surface area contributed by atoms with Crippen molar-refractivity contribution in [1.29, 1.82) is 0 Å². The molecule has 0 radical (unpaired) electrons. The number of aryl methyl sites for hydroxylation is 1. The van der Waals surface area contributed by atoms with Crippen LogP contribution in [0.3, 0.4) is 0 Å². The first-order chi connectivity index (χ1) is 10.7. The van der Waals surface area contributed by atoms with Crippen LogP contribution in [0.4, 0.5) is 4.79 Å². The van der Waals surface area contributed by atoms with E-state index in [1.54, 1.807) is 0 Å². The minimum absolute atomic E-state index is 0.105. The van der Waals surface area contributed by atoms with E-state index in [-0.39, 0.29) is 24.2 Å². The fourth-order valence-corrected chi connectivity index (χ4v) is 2.86. The molecule has 122 valence electrons. The Morgan fingerprint density at radius 1 is 1.27 bits per heavy atom. The van der Waals surface area contributed by atoms with Gasteiger partial charge in [0, 0.05) is 23.8 Å². The van der Waals surface area contributed by atoms with Crippen LogP contribution in [0.15, 0.2) is 16.9 Å². The highest BCUT2D eigenvalue weighted by Crippen LogP contribution is 2.17. The van der Waals surface area contributed by atoms with E-state index >= 15 is 0 Å². The summed E-state index contributed by atoms with van der Waals surface area (Å²) in [5, 5.41) is 5.77. The number of carbonyl (C=O) groups excluding carboxylic acids is 1. The number of hydrogen-bond donors (Lipinski definition) is 3. The van der Waals surface area contributed by atoms with E-state index in [1.165, 1.54) is 19.3 Å². The molecule has 1 aliphatic rings. The number of nitrogens with one attached hydrogen (secondary N) is 3. The topological polar surface area (TPSA) is 74.0 Å². The zero-order chi connectivity index (χ0) is 15.8. The molecule has 3 N–H and O–H groups in total. The lowest BCUT2D eigenvalue weighted by Crippen LogP contribution is -2.43. The standard InChI is InChI=1S/C17H27N3O2/c1-2-3-7-15-11-10-13(16(21)19-15)12-18-17(22)20-14-8-5-4-6-9-14/h10-11,14H,2-9,12H2,1H3,(H,19,21)(H2,18,20,22). The van der Waals surface area contributed by atoms with Gasteiger partial charge in [-0.15, -0.1) is 0 Å². The van der Waals surface area contributed by atoms with Crippen molar-refractivity contribution in [3.05, 3.63) is 33.7 Å². The second-order valence-electron chi connectivity index (χ2n) is 6.10. The van der Waals surface area contributed by atoms with Gasteiger partial charge >= 0.3 is 6.03 Å². The molecule has 0 bridgehead atoms. The van der Waals surface area contributed by atoms with Gasteiger partial charge < -0.3 is 15.6 Å². The number of urea groups is 1. The average Bonchev–Trinajstić information content (AvgIpc) is 2.53. The molecule has 1 fully saturated rings. The summed E-state index contributed by atoms with van der Waals surface area (Å²) in [6, 6.07) is 3.85. The molecule has 0 unspecified atom stereocenters. The highest BCUT2D eigenvalue weighted by molar-refractivity contribution is 5.74. The Bertz CT molecular complexity index is 533. The lowest BCUT2D eigenvalue weighted by molar-refractivity contribution is 0.232. The Morgan fingerprint density at radius 3 is 2.73 bits per heavy atom. The third kappa shape index (κ3) is 5.20. The molecule has 0 aromatic carbocycles. The number of pyridine rings is 1. The summed E-state index contributed by atoms with van der Waals surface area (Å²) in [4.78, 5) is 26.7. The van der Waals surface area contributed by atoms with Gasteiger partial charge in [0.15, 0.2) is 0 Å². The van der Waals surface area contributed by atoms with Crippen LogP contribution in [0.2, 0.25) is 0 Å². The van der Waals surface area contributed by atoms with Gasteiger partial charge in [-0.2, -0.15) is 0 Å². The maximum absolute atomic E-state index is 12.0. The molecule has 0 saturated heterocycles. The van der Waals surface area contributed by atoms with Crippen LogP contribution >= 0.6 is 0 Å². The quantitative estimate of drug-likeness (QED) is 0.756. The number of aromatic nitrogens is 1. The molecule has 1 aromatic heterocycles. The molecule has 22 heavy (non-hydrogen) atoms. The summed E-state index contributed by atoms with van der Waals surface area (Å²) in [6.07, 6.45) is 8.80. The summed E-state index contributed by atoms with van der Waals surface area (Å²) in [7, 11) is 0. The molecule has 1 saturated carbocycles. The molecule has 1 heterocycles. The Morgan fingerprint density at radius 2 is 2.05 bits per heavy atom. The molecule has 2 amide bonds. The molecule has 0 aliphatic heterocycles. The zero-order valence-electron chi connectivity index (χ0n) is 13.4. The van der Waals surface area contributed by atoms with Crippen molar-refractivity contribution < 1.29 is 4.79 Å². The molecule has 0 spiro atoms. The van der Waals surface area contributed by atoms with Gasteiger partial charge in [0.1, 0.15) is 0 Å². The second-order valence-corrected chi connectivity index (χ2v) is 6.10. The van der Waals surface area contributed by atoms with Crippen molar-refractivity contribution in [3.8, 4) is 0 Å². The first kappa shape index (κ1) is 16.6. The monoisotopic (exact) mass is 305 g/mol. The number of H-pyrrole nitrogens is 1. The largest absolute Gasteiger partial charge is 0.335 e. The van der Waals surface area contributed by atoms with Gasteiger partial charge in [0.25, 0.3) is 5.56 Å². The first-order valence-corrected chi connectivity index (χ1v) is 8.44. The Hall–Kier alpha value is -1.78. The van der Waals surface area contributed by atoms with Crippen LogP contribution in [-0.2, 0) is 13.0 Å². The second kappa shape index (κ2) is 8.61. The minimum atomic E-state index is -0.179. The predicted molar refractivity (Wildman–Crippen MR) is 87.9 cm³/mol. The maximum Gasteiger partial charge on any atom is 0.315 e. The zero-order valence-corrected chi connectivity index (χ0v) is 13.4. The third-order valence-corrected chi connectivity index (χ3v) is 4.23. The molecule has 0 atom stereocenters. The van der Waals surface area contributed by atoms with Gasteiger partial charge in [0.2, 0.25) is 0 Å². The number of rotatable bonds is 6. The molecule has 1 aliphatic carbocycles. The number of carbonyl (C=O) groups is 1.